The van der Waals surface area contributed by atoms with Crippen LogP contribution in [0.4, 0.5) is 5.69 Å². The Bertz CT molecular complexity index is 1040. The Labute approximate surface area is 177 Å². The molecule has 6 heteroatoms. The number of benzene rings is 2. The smallest absolute Gasteiger partial charge is 0.257 e. The zero-order valence-corrected chi connectivity index (χ0v) is 17.8. The molecule has 4 rings (SSSR count). The predicted octanol–water partition coefficient (Wildman–Crippen LogP) is 3.53. The molecular weight excluding hydrogens is 386 g/mol. The fourth-order valence-corrected chi connectivity index (χ4v) is 3.81. The molecule has 0 unspecified atom stereocenters. The number of fused-ring (bicyclic) bond motifs is 1. The number of halogens is 1. The van der Waals surface area contributed by atoms with E-state index in [0.29, 0.717) is 0 Å². The summed E-state index contributed by atoms with van der Waals surface area (Å²) in [5, 5.41) is 12.7. The Morgan fingerprint density at radius 3 is 2.66 bits per heavy atom. The Hall–Kier alpha value is -2.79. The molecule has 29 heavy (non-hydrogen) atoms. The average Bonchev–Trinajstić information content (AvgIpc) is 3.30. The highest BCUT2D eigenvalue weighted by atomic mass is 35.5. The van der Waals surface area contributed by atoms with Crippen molar-refractivity contribution in [1.82, 2.24) is 4.57 Å². The lowest BCUT2D eigenvalue weighted by Gasteiger charge is -2.11. The largest absolute Gasteiger partial charge is 0.859 e. The van der Waals surface area contributed by atoms with E-state index in [4.69, 9.17) is 4.74 Å². The standard InChI is InChI=1S/C23H25N3O2.ClH/c1-16-6-4-7-20(17(16)2)24-22(27)15-25-14-21(26-13-5-8-23(25)26)18-9-11-19(28-3)12-10-18;/h4,6-7,9-12,14H,5,8,13,15H2,1-3H3;1H. The Morgan fingerprint density at radius 2 is 1.93 bits per heavy atom. The van der Waals surface area contributed by atoms with E-state index in [-0.39, 0.29) is 24.8 Å². The van der Waals surface area contributed by atoms with Crippen LogP contribution in [-0.4, -0.2) is 17.6 Å². The predicted molar refractivity (Wildman–Crippen MR) is 115 cm³/mol. The van der Waals surface area contributed by atoms with Gasteiger partial charge in [-0.1, -0.05) is 12.1 Å². The fraction of sp³-hybridized carbons (Fsp3) is 0.304. The number of ether oxygens (including phenoxy) is 1. The van der Waals surface area contributed by atoms with Crippen LogP contribution in [-0.2, 0) is 19.5 Å². The lowest BCUT2D eigenvalue weighted by molar-refractivity contribution is -0.693. The average molecular weight is 412 g/mol. The van der Waals surface area contributed by atoms with E-state index in [0.717, 1.165) is 53.2 Å². The van der Waals surface area contributed by atoms with Crippen LogP contribution in [0.15, 0.2) is 53.7 Å². The fourth-order valence-electron chi connectivity index (χ4n) is 3.81. The summed E-state index contributed by atoms with van der Waals surface area (Å²) >= 11 is 0. The van der Waals surface area contributed by atoms with Crippen molar-refractivity contribution >= 4 is 24.0 Å². The van der Waals surface area contributed by atoms with Crippen molar-refractivity contribution in [3.8, 4) is 17.0 Å². The van der Waals surface area contributed by atoms with Crippen molar-refractivity contribution in [1.29, 1.82) is 0 Å². The van der Waals surface area contributed by atoms with Crippen LogP contribution in [0.1, 0.15) is 23.4 Å². The maximum Gasteiger partial charge on any atom is 0.257 e. The molecule has 0 saturated carbocycles. The SMILES string of the molecule is COc1ccc(-c2c[n+](CC([O-])=Nc3cccc(C)c3C)c3n2CCC3)cc1.Cl. The van der Waals surface area contributed by atoms with E-state index in [1.54, 1.807) is 7.11 Å². The van der Waals surface area contributed by atoms with Crippen LogP contribution in [0, 0.1) is 13.8 Å². The molecule has 0 bridgehead atoms. The van der Waals surface area contributed by atoms with Gasteiger partial charge >= 0.3 is 0 Å². The minimum Gasteiger partial charge on any atom is -0.859 e. The van der Waals surface area contributed by atoms with Crippen LogP contribution < -0.4 is 14.4 Å². The molecular formula is C23H26ClN3O2. The molecule has 0 saturated heterocycles. The minimum absolute atomic E-state index is 0. The lowest BCUT2D eigenvalue weighted by atomic mass is 10.1. The summed E-state index contributed by atoms with van der Waals surface area (Å²) in [6.07, 6.45) is 4.15. The lowest BCUT2D eigenvalue weighted by Crippen LogP contribution is -2.43. The minimum atomic E-state index is -0.125. The van der Waals surface area contributed by atoms with Crippen molar-refractivity contribution in [3.63, 3.8) is 0 Å². The highest BCUT2D eigenvalue weighted by Gasteiger charge is 2.28. The van der Waals surface area contributed by atoms with Gasteiger partial charge < -0.3 is 9.84 Å². The van der Waals surface area contributed by atoms with E-state index in [1.165, 1.54) is 5.82 Å². The first kappa shape index (κ1) is 20.9. The molecule has 0 spiro atoms. The molecule has 2 heterocycles. The number of nitrogens with zero attached hydrogens (tertiary/aromatic N) is 3. The van der Waals surface area contributed by atoms with Crippen LogP contribution in [0.2, 0.25) is 0 Å². The van der Waals surface area contributed by atoms with E-state index in [2.05, 4.69) is 32.5 Å². The third-order valence-electron chi connectivity index (χ3n) is 5.51. The number of rotatable bonds is 5. The number of aromatic nitrogens is 2. The maximum atomic E-state index is 12.7. The Morgan fingerprint density at radius 1 is 1.17 bits per heavy atom. The van der Waals surface area contributed by atoms with Crippen LogP contribution in [0.5, 0.6) is 5.75 Å². The first-order chi connectivity index (χ1) is 13.6. The second kappa shape index (κ2) is 8.70. The second-order valence-electron chi connectivity index (χ2n) is 7.27. The molecule has 0 fully saturated rings. The summed E-state index contributed by atoms with van der Waals surface area (Å²) < 4.78 is 9.63. The van der Waals surface area contributed by atoms with Crippen molar-refractivity contribution in [2.45, 2.75) is 39.8 Å². The van der Waals surface area contributed by atoms with Crippen LogP contribution in [0.3, 0.4) is 0 Å². The van der Waals surface area contributed by atoms with Crippen molar-refractivity contribution in [3.05, 3.63) is 65.6 Å². The quantitative estimate of drug-likeness (QED) is 0.366. The summed E-state index contributed by atoms with van der Waals surface area (Å²) in [5.41, 5.74) is 5.23. The number of imidazole rings is 1. The number of aliphatic imine (C=N–C) groups is 1. The Kier molecular flexibility index (Phi) is 6.28. The van der Waals surface area contributed by atoms with Gasteiger partial charge in [0.2, 0.25) is 0 Å². The highest BCUT2D eigenvalue weighted by Crippen LogP contribution is 2.26. The summed E-state index contributed by atoms with van der Waals surface area (Å²) in [5.74, 6) is 1.91. The normalized spacial score (nSPS) is 13.1. The molecule has 5 nitrogen and oxygen atoms in total. The summed E-state index contributed by atoms with van der Waals surface area (Å²) in [4.78, 5) is 4.36. The van der Waals surface area contributed by atoms with Crippen molar-refractivity contribution in [2.24, 2.45) is 4.99 Å². The van der Waals surface area contributed by atoms with Gasteiger partial charge in [-0.3, -0.25) is 4.99 Å². The first-order valence-corrected chi connectivity index (χ1v) is 9.64. The van der Waals surface area contributed by atoms with Gasteiger partial charge in [-0.2, -0.15) is 0 Å². The number of hydrogen-bond donors (Lipinski definition) is 0. The van der Waals surface area contributed by atoms with Gasteiger partial charge in [-0.25, -0.2) is 9.13 Å². The van der Waals surface area contributed by atoms with Gasteiger partial charge in [-0.15, -0.1) is 12.4 Å². The molecule has 3 aromatic rings. The molecule has 1 aromatic heterocycles. The van der Waals surface area contributed by atoms with Crippen LogP contribution in [0.25, 0.3) is 11.3 Å². The number of methoxy groups -OCH3 is 1. The van der Waals surface area contributed by atoms with E-state index >= 15 is 0 Å². The van der Waals surface area contributed by atoms with Crippen LogP contribution >= 0.6 is 12.4 Å². The van der Waals surface area contributed by atoms with E-state index < -0.39 is 0 Å². The molecule has 0 atom stereocenters. The van der Waals surface area contributed by atoms with Crippen molar-refractivity contribution in [2.75, 3.05) is 7.11 Å². The third kappa shape index (κ3) is 4.15. The summed E-state index contributed by atoms with van der Waals surface area (Å²) in [7, 11) is 1.67. The second-order valence-corrected chi connectivity index (χ2v) is 7.27. The zero-order valence-electron chi connectivity index (χ0n) is 17.0. The van der Waals surface area contributed by atoms with E-state index in [1.807, 2.05) is 44.2 Å². The molecule has 1 aliphatic heterocycles. The number of hydrogen-bond acceptors (Lipinski definition) is 3. The molecule has 0 aliphatic carbocycles. The molecule has 1 aliphatic rings. The summed E-state index contributed by atoms with van der Waals surface area (Å²) in [6, 6.07) is 13.9. The van der Waals surface area contributed by atoms with Gasteiger partial charge in [0.25, 0.3) is 5.82 Å². The highest BCUT2D eigenvalue weighted by molar-refractivity contribution is 5.85. The zero-order chi connectivity index (χ0) is 19.7. The van der Waals surface area contributed by atoms with Gasteiger partial charge in [0.05, 0.1) is 25.8 Å². The van der Waals surface area contributed by atoms with Gasteiger partial charge in [0.15, 0.2) is 5.69 Å². The summed E-state index contributed by atoms with van der Waals surface area (Å²) in [6.45, 7) is 5.28. The monoisotopic (exact) mass is 411 g/mol. The van der Waals surface area contributed by atoms with Gasteiger partial charge in [-0.05, 0) is 61.7 Å². The van der Waals surface area contributed by atoms with Gasteiger partial charge in [0.1, 0.15) is 18.5 Å². The van der Waals surface area contributed by atoms with Gasteiger partial charge in [0, 0.05) is 11.5 Å². The molecule has 152 valence electrons. The maximum absolute atomic E-state index is 12.7. The first-order valence-electron chi connectivity index (χ1n) is 9.64. The third-order valence-corrected chi connectivity index (χ3v) is 5.51. The molecule has 2 aromatic carbocycles. The van der Waals surface area contributed by atoms with Crippen molar-refractivity contribution < 1.29 is 14.4 Å². The Balaban J connectivity index is 0.00000240. The van der Waals surface area contributed by atoms with E-state index in [9.17, 15) is 5.11 Å². The topological polar surface area (TPSA) is 53.5 Å². The number of aryl methyl sites for hydroxylation is 1. The molecule has 0 N–H and O–H groups in total. The molecule has 0 radical (unpaired) electrons. The molecule has 0 amide bonds.